The molecule has 4 nitrogen and oxygen atoms in total. The van der Waals surface area contributed by atoms with Crippen LogP contribution in [0.1, 0.15) is 34.5 Å². The Hall–Kier alpha value is -1.88. The lowest BCUT2D eigenvalue weighted by Gasteiger charge is -1.99. The maximum atomic E-state index is 11.4. The van der Waals surface area contributed by atoms with Crippen molar-refractivity contribution in [3.05, 3.63) is 28.8 Å². The molecule has 0 bridgehead atoms. The summed E-state index contributed by atoms with van der Waals surface area (Å²) in [6.45, 7) is 0. The van der Waals surface area contributed by atoms with Crippen molar-refractivity contribution in [3.63, 3.8) is 0 Å². The van der Waals surface area contributed by atoms with Gasteiger partial charge in [0, 0.05) is 16.5 Å². The van der Waals surface area contributed by atoms with Crippen LogP contribution in [0.4, 0.5) is 5.82 Å². The Morgan fingerprint density at radius 1 is 1.44 bits per heavy atom. The SMILES string of the molecule is NC(=O)c1cnc(N)c2cc(C3=CCCC3)sc12. The van der Waals surface area contributed by atoms with Gasteiger partial charge in [0.25, 0.3) is 5.91 Å². The summed E-state index contributed by atoms with van der Waals surface area (Å²) < 4.78 is 0.845. The standard InChI is InChI=1S/C13H13N3OS/c14-12-8-5-10(7-3-1-2-4-7)18-11(8)9(6-16-12)13(15)17/h3,5-6H,1-2,4H2,(H2,14,16)(H2,15,17). The van der Waals surface area contributed by atoms with Crippen molar-refractivity contribution in [2.75, 3.05) is 5.73 Å². The van der Waals surface area contributed by atoms with Crippen LogP contribution in [0.25, 0.3) is 15.7 Å². The molecule has 0 fully saturated rings. The van der Waals surface area contributed by atoms with E-state index in [1.54, 1.807) is 11.3 Å². The Kier molecular flexibility index (Phi) is 2.56. The third-order valence-electron chi connectivity index (χ3n) is 3.21. The first-order valence-corrected chi connectivity index (χ1v) is 6.65. The summed E-state index contributed by atoms with van der Waals surface area (Å²) >= 11 is 1.57. The minimum atomic E-state index is -0.457. The summed E-state index contributed by atoms with van der Waals surface area (Å²) in [5.41, 5.74) is 13.0. The molecule has 0 unspecified atom stereocenters. The van der Waals surface area contributed by atoms with E-state index in [0.717, 1.165) is 22.9 Å². The van der Waals surface area contributed by atoms with E-state index in [9.17, 15) is 4.79 Å². The number of amides is 1. The van der Waals surface area contributed by atoms with Gasteiger partial charge in [0.15, 0.2) is 0 Å². The Labute approximate surface area is 108 Å². The van der Waals surface area contributed by atoms with E-state index < -0.39 is 5.91 Å². The number of fused-ring (bicyclic) bond motifs is 1. The minimum Gasteiger partial charge on any atom is -0.383 e. The number of carbonyl (C=O) groups excluding carboxylic acids is 1. The highest BCUT2D eigenvalue weighted by atomic mass is 32.1. The normalized spacial score (nSPS) is 15.0. The van der Waals surface area contributed by atoms with Crippen molar-refractivity contribution in [3.8, 4) is 0 Å². The molecule has 0 saturated carbocycles. The second kappa shape index (κ2) is 4.10. The predicted molar refractivity (Wildman–Crippen MR) is 74.4 cm³/mol. The van der Waals surface area contributed by atoms with E-state index in [4.69, 9.17) is 11.5 Å². The lowest BCUT2D eigenvalue weighted by Crippen LogP contribution is -2.11. The molecule has 0 aromatic carbocycles. The summed E-state index contributed by atoms with van der Waals surface area (Å²) in [4.78, 5) is 16.6. The molecule has 0 atom stereocenters. The van der Waals surface area contributed by atoms with Gasteiger partial charge in [-0.05, 0) is 30.9 Å². The number of allylic oxidation sites excluding steroid dienone is 2. The summed E-state index contributed by atoms with van der Waals surface area (Å²) in [5.74, 6) is -0.00241. The maximum absolute atomic E-state index is 11.4. The maximum Gasteiger partial charge on any atom is 0.251 e. The quantitative estimate of drug-likeness (QED) is 0.869. The first-order valence-electron chi connectivity index (χ1n) is 5.84. The molecule has 5 heteroatoms. The number of carbonyl (C=O) groups is 1. The third-order valence-corrected chi connectivity index (χ3v) is 4.45. The van der Waals surface area contributed by atoms with Crippen LogP contribution in [0.3, 0.4) is 0 Å². The molecule has 18 heavy (non-hydrogen) atoms. The van der Waals surface area contributed by atoms with Crippen molar-refractivity contribution in [2.24, 2.45) is 5.73 Å². The monoisotopic (exact) mass is 259 g/mol. The zero-order valence-electron chi connectivity index (χ0n) is 9.77. The number of aromatic nitrogens is 1. The Balaban J connectivity index is 2.24. The molecule has 2 aromatic heterocycles. The third kappa shape index (κ3) is 1.67. The van der Waals surface area contributed by atoms with Gasteiger partial charge in [-0.25, -0.2) is 4.98 Å². The number of hydrogen-bond acceptors (Lipinski definition) is 4. The number of pyridine rings is 1. The van der Waals surface area contributed by atoms with Crippen molar-refractivity contribution < 1.29 is 4.79 Å². The van der Waals surface area contributed by atoms with E-state index in [2.05, 4.69) is 11.1 Å². The van der Waals surface area contributed by atoms with Crippen LogP contribution in [0.2, 0.25) is 0 Å². The molecule has 0 saturated heterocycles. The first kappa shape index (κ1) is 11.2. The van der Waals surface area contributed by atoms with Gasteiger partial charge < -0.3 is 11.5 Å². The van der Waals surface area contributed by atoms with Gasteiger partial charge in [-0.2, -0.15) is 0 Å². The lowest BCUT2D eigenvalue weighted by atomic mass is 10.1. The van der Waals surface area contributed by atoms with Crippen LogP contribution in [-0.2, 0) is 0 Å². The fourth-order valence-electron chi connectivity index (χ4n) is 2.27. The van der Waals surface area contributed by atoms with Crippen LogP contribution in [0.15, 0.2) is 18.3 Å². The van der Waals surface area contributed by atoms with E-state index in [1.807, 2.05) is 6.07 Å². The van der Waals surface area contributed by atoms with Gasteiger partial charge in [0.2, 0.25) is 0 Å². The number of hydrogen-bond donors (Lipinski definition) is 2. The van der Waals surface area contributed by atoms with E-state index >= 15 is 0 Å². The number of rotatable bonds is 2. The van der Waals surface area contributed by atoms with Crippen molar-refractivity contribution >= 4 is 38.7 Å². The summed E-state index contributed by atoms with van der Waals surface area (Å²) in [6.07, 6.45) is 7.12. The topological polar surface area (TPSA) is 82.0 Å². The lowest BCUT2D eigenvalue weighted by molar-refractivity contribution is 0.100. The average molecular weight is 259 g/mol. The van der Waals surface area contributed by atoms with Crippen LogP contribution in [0.5, 0.6) is 0 Å². The highest BCUT2D eigenvalue weighted by molar-refractivity contribution is 7.20. The average Bonchev–Trinajstić information content (AvgIpc) is 2.97. The largest absolute Gasteiger partial charge is 0.383 e. The molecule has 0 radical (unpaired) electrons. The van der Waals surface area contributed by atoms with Gasteiger partial charge in [0.1, 0.15) is 5.82 Å². The van der Waals surface area contributed by atoms with E-state index in [-0.39, 0.29) is 0 Å². The summed E-state index contributed by atoms with van der Waals surface area (Å²) in [7, 11) is 0. The smallest absolute Gasteiger partial charge is 0.251 e. The molecule has 0 aliphatic heterocycles. The molecular formula is C13H13N3OS. The molecule has 3 rings (SSSR count). The van der Waals surface area contributed by atoms with Gasteiger partial charge in [-0.3, -0.25) is 4.79 Å². The van der Waals surface area contributed by atoms with Crippen LogP contribution in [0, 0.1) is 0 Å². The molecule has 1 amide bonds. The highest BCUT2D eigenvalue weighted by Crippen LogP contribution is 2.38. The number of anilines is 1. The van der Waals surface area contributed by atoms with Crippen LogP contribution >= 0.6 is 11.3 Å². The molecule has 2 heterocycles. The van der Waals surface area contributed by atoms with Crippen LogP contribution in [-0.4, -0.2) is 10.9 Å². The first-order chi connectivity index (χ1) is 8.66. The Morgan fingerprint density at radius 2 is 2.28 bits per heavy atom. The fraction of sp³-hybridized carbons (Fsp3) is 0.231. The highest BCUT2D eigenvalue weighted by Gasteiger charge is 2.16. The molecular weight excluding hydrogens is 246 g/mol. The Morgan fingerprint density at radius 3 is 2.94 bits per heavy atom. The van der Waals surface area contributed by atoms with Crippen molar-refractivity contribution in [1.82, 2.24) is 4.98 Å². The van der Waals surface area contributed by atoms with Crippen molar-refractivity contribution in [1.29, 1.82) is 0 Å². The number of nitrogen functional groups attached to an aromatic ring is 1. The summed E-state index contributed by atoms with van der Waals surface area (Å²) in [5, 5.41) is 0.833. The summed E-state index contributed by atoms with van der Waals surface area (Å²) in [6, 6.07) is 2.02. The molecule has 2 aromatic rings. The fourth-order valence-corrected chi connectivity index (χ4v) is 3.52. The molecule has 0 spiro atoms. The second-order valence-electron chi connectivity index (χ2n) is 4.40. The van der Waals surface area contributed by atoms with Gasteiger partial charge in [0.05, 0.1) is 10.3 Å². The molecule has 4 N–H and O–H groups in total. The minimum absolute atomic E-state index is 0.453. The number of primary amides is 1. The molecule has 1 aliphatic rings. The predicted octanol–water partition coefficient (Wildman–Crippen LogP) is 2.54. The second-order valence-corrected chi connectivity index (χ2v) is 5.45. The van der Waals surface area contributed by atoms with E-state index in [0.29, 0.717) is 11.4 Å². The van der Waals surface area contributed by atoms with Crippen molar-refractivity contribution in [2.45, 2.75) is 19.3 Å². The van der Waals surface area contributed by atoms with Crippen LogP contribution < -0.4 is 11.5 Å². The van der Waals surface area contributed by atoms with E-state index in [1.165, 1.54) is 23.1 Å². The Bertz CT molecular complexity index is 672. The molecule has 92 valence electrons. The number of thiophene rings is 1. The zero-order valence-corrected chi connectivity index (χ0v) is 10.6. The van der Waals surface area contributed by atoms with Gasteiger partial charge in [-0.1, -0.05) is 6.08 Å². The van der Waals surface area contributed by atoms with Gasteiger partial charge >= 0.3 is 0 Å². The number of nitrogens with two attached hydrogens (primary N) is 2. The zero-order chi connectivity index (χ0) is 12.7. The number of nitrogens with zero attached hydrogens (tertiary/aromatic N) is 1. The molecule has 1 aliphatic carbocycles. The van der Waals surface area contributed by atoms with Gasteiger partial charge in [-0.15, -0.1) is 11.3 Å².